The number of fused-ring (bicyclic) bond motifs is 2. The average Bonchev–Trinajstić information content (AvgIpc) is 3.22. The molecule has 0 amide bonds. The van der Waals surface area contributed by atoms with Gasteiger partial charge in [-0.05, 0) is 24.6 Å². The third-order valence-electron chi connectivity index (χ3n) is 6.60. The van der Waals surface area contributed by atoms with E-state index in [4.69, 9.17) is 9.72 Å². The second-order valence-corrected chi connectivity index (χ2v) is 9.16. The lowest BCUT2D eigenvalue weighted by Gasteiger charge is -2.21. The zero-order valence-corrected chi connectivity index (χ0v) is 20.3. The molecule has 1 atom stereocenters. The fraction of sp³-hybridized carbons (Fsp3) is 0.259. The molecule has 4 aromatic heterocycles. The molecule has 0 N–H and O–H groups in total. The number of pyridine rings is 1. The van der Waals surface area contributed by atoms with Crippen LogP contribution >= 0.6 is 0 Å². The van der Waals surface area contributed by atoms with Gasteiger partial charge < -0.3 is 14.2 Å². The number of carbonyl (C=O) groups is 1. The Morgan fingerprint density at radius 2 is 1.97 bits per heavy atom. The number of aromatic nitrogens is 5. The topological polar surface area (TPSA) is 77.5 Å². The Morgan fingerprint density at radius 1 is 1.19 bits per heavy atom. The molecule has 0 spiro atoms. The van der Waals surface area contributed by atoms with Gasteiger partial charge in [0.25, 0.3) is 5.92 Å². The number of halogens is 2. The molecule has 0 unspecified atom stereocenters. The molecule has 1 aliphatic carbocycles. The third kappa shape index (κ3) is 3.98. The Balaban J connectivity index is 1.54. The molecule has 0 bridgehead atoms. The lowest BCUT2D eigenvalue weighted by atomic mass is 10.1. The number of anilines is 1. The molecule has 1 aliphatic rings. The van der Waals surface area contributed by atoms with Crippen molar-refractivity contribution in [3.63, 3.8) is 0 Å². The highest BCUT2D eigenvalue weighted by molar-refractivity contribution is 5.98. The average molecular weight is 503 g/mol. The minimum atomic E-state index is -2.76. The first-order valence-corrected chi connectivity index (χ1v) is 12.0. The SMILES string of the molecule is CCOC(=O)c1cnn2c(N(C)Cc3ccccc3)cc(-c3cn([C@H]4CC4(F)F)c4ncccc34)nc12. The van der Waals surface area contributed by atoms with Crippen molar-refractivity contribution in [2.24, 2.45) is 0 Å². The van der Waals surface area contributed by atoms with Crippen LogP contribution in [0.2, 0.25) is 0 Å². The molecule has 6 rings (SSSR count). The zero-order chi connectivity index (χ0) is 25.7. The predicted molar refractivity (Wildman–Crippen MR) is 135 cm³/mol. The van der Waals surface area contributed by atoms with Crippen molar-refractivity contribution in [3.8, 4) is 11.3 Å². The van der Waals surface area contributed by atoms with Gasteiger partial charge >= 0.3 is 5.97 Å². The number of alkyl halides is 2. The molecule has 5 aromatic rings. The fourth-order valence-electron chi connectivity index (χ4n) is 4.67. The molecule has 10 heteroatoms. The van der Waals surface area contributed by atoms with E-state index in [2.05, 4.69) is 10.1 Å². The molecule has 37 heavy (non-hydrogen) atoms. The van der Waals surface area contributed by atoms with E-state index in [0.717, 1.165) is 5.56 Å². The molecular weight excluding hydrogens is 478 g/mol. The highest BCUT2D eigenvalue weighted by Crippen LogP contribution is 2.54. The summed E-state index contributed by atoms with van der Waals surface area (Å²) in [6, 6.07) is 14.5. The normalized spacial score (nSPS) is 16.3. The van der Waals surface area contributed by atoms with Crippen LogP contribution in [0.1, 0.15) is 35.3 Å². The minimum absolute atomic E-state index is 0.214. The summed E-state index contributed by atoms with van der Waals surface area (Å²) in [4.78, 5) is 23.9. The van der Waals surface area contributed by atoms with Crippen molar-refractivity contribution >= 4 is 28.5 Å². The number of hydrogen-bond donors (Lipinski definition) is 0. The van der Waals surface area contributed by atoms with Gasteiger partial charge in [-0.3, -0.25) is 0 Å². The van der Waals surface area contributed by atoms with E-state index in [1.54, 1.807) is 29.9 Å². The number of nitrogens with zero attached hydrogens (tertiary/aromatic N) is 6. The van der Waals surface area contributed by atoms with Crippen LogP contribution in [0, 0.1) is 0 Å². The Hall–Kier alpha value is -4.34. The van der Waals surface area contributed by atoms with Crippen LogP contribution in [0.5, 0.6) is 0 Å². The van der Waals surface area contributed by atoms with Crippen molar-refractivity contribution in [1.29, 1.82) is 0 Å². The molecule has 188 valence electrons. The van der Waals surface area contributed by atoms with E-state index in [1.165, 1.54) is 10.8 Å². The van der Waals surface area contributed by atoms with Crippen LogP contribution in [0.3, 0.4) is 0 Å². The van der Waals surface area contributed by atoms with Gasteiger partial charge in [0, 0.05) is 49.4 Å². The Morgan fingerprint density at radius 3 is 2.70 bits per heavy atom. The quantitative estimate of drug-likeness (QED) is 0.287. The first-order valence-electron chi connectivity index (χ1n) is 12.0. The monoisotopic (exact) mass is 502 g/mol. The second-order valence-electron chi connectivity index (χ2n) is 9.16. The summed E-state index contributed by atoms with van der Waals surface area (Å²) in [6.07, 6.45) is 4.50. The van der Waals surface area contributed by atoms with Gasteiger partial charge in [-0.1, -0.05) is 30.3 Å². The maximum atomic E-state index is 14.0. The molecule has 0 radical (unpaired) electrons. The summed E-state index contributed by atoms with van der Waals surface area (Å²) in [5.74, 6) is -2.61. The van der Waals surface area contributed by atoms with E-state index < -0.39 is 17.9 Å². The maximum Gasteiger partial charge on any atom is 0.343 e. The van der Waals surface area contributed by atoms with Crippen LogP contribution < -0.4 is 4.90 Å². The van der Waals surface area contributed by atoms with E-state index in [-0.39, 0.29) is 18.6 Å². The van der Waals surface area contributed by atoms with Gasteiger partial charge in [-0.2, -0.15) is 9.61 Å². The summed E-state index contributed by atoms with van der Waals surface area (Å²) >= 11 is 0. The highest BCUT2D eigenvalue weighted by Gasteiger charge is 2.58. The van der Waals surface area contributed by atoms with E-state index in [0.29, 0.717) is 40.3 Å². The smallest absolute Gasteiger partial charge is 0.343 e. The standard InChI is InChI=1S/C27H24F2N6O2/c1-3-37-26(36)19-14-31-35-23(33(2)15-17-8-5-4-6-9-17)12-21(32-25(19)35)20-16-34(22-13-27(22,28)29)24-18(20)10-7-11-30-24/h4-12,14,16,22H,3,13,15H2,1-2H3/t22-/m0/s1. The van der Waals surface area contributed by atoms with Gasteiger partial charge in [0.2, 0.25) is 0 Å². The summed E-state index contributed by atoms with van der Waals surface area (Å²) in [6.45, 7) is 2.52. The second kappa shape index (κ2) is 8.65. The number of hydrogen-bond acceptors (Lipinski definition) is 6. The van der Waals surface area contributed by atoms with Gasteiger partial charge in [-0.25, -0.2) is 23.5 Å². The molecule has 8 nitrogen and oxygen atoms in total. The largest absolute Gasteiger partial charge is 0.462 e. The first-order chi connectivity index (χ1) is 17.9. The van der Waals surface area contributed by atoms with E-state index >= 15 is 0 Å². The summed E-state index contributed by atoms with van der Waals surface area (Å²) < 4.78 is 36.5. The van der Waals surface area contributed by atoms with Crippen LogP contribution in [-0.4, -0.2) is 49.7 Å². The van der Waals surface area contributed by atoms with Crippen molar-refractivity contribution in [3.05, 3.63) is 78.2 Å². The molecule has 1 saturated carbocycles. The van der Waals surface area contributed by atoms with Crippen molar-refractivity contribution < 1.29 is 18.3 Å². The minimum Gasteiger partial charge on any atom is -0.462 e. The van der Waals surface area contributed by atoms with Gasteiger partial charge in [-0.15, -0.1) is 0 Å². The van der Waals surface area contributed by atoms with Crippen molar-refractivity contribution in [1.82, 2.24) is 24.1 Å². The highest BCUT2D eigenvalue weighted by atomic mass is 19.3. The van der Waals surface area contributed by atoms with Crippen molar-refractivity contribution in [2.45, 2.75) is 31.9 Å². The molecule has 4 heterocycles. The Bertz CT molecular complexity index is 1630. The Kier molecular flexibility index (Phi) is 5.40. The van der Waals surface area contributed by atoms with Crippen LogP contribution in [0.4, 0.5) is 14.6 Å². The molecular formula is C27H24F2N6O2. The number of rotatable bonds is 7. The number of esters is 1. The van der Waals surface area contributed by atoms with Gasteiger partial charge in [0.15, 0.2) is 5.65 Å². The molecule has 0 saturated heterocycles. The number of benzene rings is 1. The van der Waals surface area contributed by atoms with Crippen LogP contribution in [0.15, 0.2) is 67.1 Å². The lowest BCUT2D eigenvalue weighted by Crippen LogP contribution is -2.20. The lowest BCUT2D eigenvalue weighted by molar-refractivity contribution is 0.0528. The number of ether oxygens (including phenoxy) is 1. The van der Waals surface area contributed by atoms with E-state index in [1.807, 2.05) is 54.4 Å². The number of carbonyl (C=O) groups excluding carboxylic acids is 1. The van der Waals surface area contributed by atoms with Gasteiger partial charge in [0.05, 0.1) is 18.5 Å². The fourth-order valence-corrected chi connectivity index (χ4v) is 4.67. The summed E-state index contributed by atoms with van der Waals surface area (Å²) in [7, 11) is 1.92. The van der Waals surface area contributed by atoms with E-state index in [9.17, 15) is 13.6 Å². The van der Waals surface area contributed by atoms with Gasteiger partial charge in [0.1, 0.15) is 23.1 Å². The maximum absolute atomic E-state index is 14.0. The summed E-state index contributed by atoms with van der Waals surface area (Å²) in [5, 5.41) is 5.14. The molecule has 1 fully saturated rings. The summed E-state index contributed by atoms with van der Waals surface area (Å²) in [5.41, 5.74) is 3.29. The zero-order valence-electron chi connectivity index (χ0n) is 20.3. The third-order valence-corrected chi connectivity index (χ3v) is 6.60. The predicted octanol–water partition coefficient (Wildman–Crippen LogP) is 5.14. The van der Waals surface area contributed by atoms with Crippen LogP contribution in [0.25, 0.3) is 27.9 Å². The van der Waals surface area contributed by atoms with Crippen molar-refractivity contribution in [2.75, 3.05) is 18.6 Å². The Labute approximate surface area is 211 Å². The van der Waals surface area contributed by atoms with Crippen LogP contribution in [-0.2, 0) is 11.3 Å². The molecule has 0 aliphatic heterocycles. The first kappa shape index (κ1) is 23.1. The molecule has 1 aromatic carbocycles.